The number of aromatic nitrogens is 4. The van der Waals surface area contributed by atoms with E-state index in [-0.39, 0.29) is 50.1 Å². The summed E-state index contributed by atoms with van der Waals surface area (Å²) in [4.78, 5) is 38.4. The van der Waals surface area contributed by atoms with E-state index in [0.29, 0.717) is 5.52 Å². The summed E-state index contributed by atoms with van der Waals surface area (Å²) >= 11 is 12.7. The molecule has 2 heterocycles. The van der Waals surface area contributed by atoms with Gasteiger partial charge in [0.05, 0.1) is 27.7 Å². The third-order valence-corrected chi connectivity index (χ3v) is 6.47. The average molecular weight is 514 g/mol. The molecule has 1 atom stereocenters. The minimum atomic E-state index is -0.841. The zero-order valence-electron chi connectivity index (χ0n) is 18.0. The summed E-state index contributed by atoms with van der Waals surface area (Å²) in [5, 5.41) is 3.70. The fourth-order valence-corrected chi connectivity index (χ4v) is 4.37. The number of carbonyl (C=O) groups excluding carboxylic acids is 1. The van der Waals surface area contributed by atoms with E-state index in [9.17, 15) is 14.0 Å². The number of halogens is 3. The molecule has 1 unspecified atom stereocenters. The number of rotatable bonds is 6. The molecule has 0 spiro atoms. The summed E-state index contributed by atoms with van der Waals surface area (Å²) in [6.45, 7) is 0. The molecule has 1 amide bonds. The van der Waals surface area contributed by atoms with Crippen molar-refractivity contribution < 1.29 is 9.18 Å². The highest BCUT2D eigenvalue weighted by Crippen LogP contribution is 2.43. The van der Waals surface area contributed by atoms with Gasteiger partial charge in [-0.2, -0.15) is 0 Å². The number of anilines is 2. The molecule has 5 N–H and O–H groups in total. The lowest BCUT2D eigenvalue weighted by molar-refractivity contribution is 0.1000. The molecule has 12 heteroatoms. The van der Waals surface area contributed by atoms with Gasteiger partial charge in [0, 0.05) is 5.56 Å². The SMILES string of the molecule is NC(=O)c1cc(F)cc(-n2c(C(Nc3ncnc(N)c3Cl)C3CC3)nc3cccc(Cl)c3c2=O)c1. The number of nitrogens with two attached hydrogens (primary N) is 2. The van der Waals surface area contributed by atoms with Crippen molar-refractivity contribution in [3.63, 3.8) is 0 Å². The van der Waals surface area contributed by atoms with Crippen LogP contribution in [0.2, 0.25) is 10.0 Å². The van der Waals surface area contributed by atoms with E-state index in [1.807, 2.05) is 0 Å². The van der Waals surface area contributed by atoms with E-state index in [1.165, 1.54) is 17.0 Å². The molecular weight excluding hydrogens is 496 g/mol. The summed E-state index contributed by atoms with van der Waals surface area (Å²) < 4.78 is 15.7. The Kier molecular flexibility index (Phi) is 5.78. The number of fused-ring (bicyclic) bond motifs is 1. The van der Waals surface area contributed by atoms with Crippen LogP contribution < -0.4 is 22.3 Å². The van der Waals surface area contributed by atoms with Gasteiger partial charge in [0.15, 0.2) is 5.82 Å². The first-order valence-electron chi connectivity index (χ1n) is 10.6. The Morgan fingerprint density at radius 1 is 1.20 bits per heavy atom. The molecule has 178 valence electrons. The Hall–Kier alpha value is -3.76. The lowest BCUT2D eigenvalue weighted by Gasteiger charge is -2.24. The topological polar surface area (TPSA) is 142 Å². The number of amides is 1. The second-order valence-electron chi connectivity index (χ2n) is 8.19. The Balaban J connectivity index is 1.79. The van der Waals surface area contributed by atoms with Gasteiger partial charge in [-0.15, -0.1) is 0 Å². The average Bonchev–Trinajstić information content (AvgIpc) is 3.64. The van der Waals surface area contributed by atoms with Crippen molar-refractivity contribution in [2.45, 2.75) is 18.9 Å². The molecule has 2 aromatic carbocycles. The number of benzene rings is 2. The van der Waals surface area contributed by atoms with Gasteiger partial charge in [-0.1, -0.05) is 29.3 Å². The van der Waals surface area contributed by atoms with Gasteiger partial charge in [0.1, 0.15) is 28.8 Å². The molecule has 2 aromatic heterocycles. The highest BCUT2D eigenvalue weighted by atomic mass is 35.5. The summed E-state index contributed by atoms with van der Waals surface area (Å²) in [5.41, 5.74) is 11.0. The van der Waals surface area contributed by atoms with Crippen LogP contribution in [0.5, 0.6) is 0 Å². The zero-order valence-corrected chi connectivity index (χ0v) is 19.5. The molecule has 9 nitrogen and oxygen atoms in total. The summed E-state index contributed by atoms with van der Waals surface area (Å²) in [5.74, 6) is -0.892. The highest BCUT2D eigenvalue weighted by Gasteiger charge is 2.37. The first-order valence-corrected chi connectivity index (χ1v) is 11.3. The third-order valence-electron chi connectivity index (χ3n) is 5.78. The van der Waals surface area contributed by atoms with Gasteiger partial charge < -0.3 is 16.8 Å². The molecule has 5 rings (SSSR count). The van der Waals surface area contributed by atoms with E-state index in [1.54, 1.807) is 18.2 Å². The monoisotopic (exact) mass is 513 g/mol. The first kappa shape index (κ1) is 23.0. The largest absolute Gasteiger partial charge is 0.382 e. The van der Waals surface area contributed by atoms with Crippen molar-refractivity contribution >= 4 is 51.6 Å². The second kappa shape index (κ2) is 8.79. The van der Waals surface area contributed by atoms with E-state index < -0.39 is 23.3 Å². The van der Waals surface area contributed by atoms with Crippen LogP contribution in [0.1, 0.15) is 35.1 Å². The Morgan fingerprint density at radius 3 is 2.69 bits per heavy atom. The quantitative estimate of drug-likeness (QED) is 0.355. The highest BCUT2D eigenvalue weighted by molar-refractivity contribution is 6.35. The third kappa shape index (κ3) is 4.26. The van der Waals surface area contributed by atoms with Crippen LogP contribution in [-0.2, 0) is 0 Å². The molecule has 4 aromatic rings. The van der Waals surface area contributed by atoms with E-state index >= 15 is 0 Å². The van der Waals surface area contributed by atoms with Gasteiger partial charge >= 0.3 is 0 Å². The van der Waals surface area contributed by atoms with Gasteiger partial charge in [0.25, 0.3) is 5.56 Å². The van der Waals surface area contributed by atoms with Crippen molar-refractivity contribution in [3.8, 4) is 5.69 Å². The van der Waals surface area contributed by atoms with Crippen LogP contribution in [0.4, 0.5) is 16.0 Å². The summed E-state index contributed by atoms with van der Waals surface area (Å²) in [6, 6.07) is 7.81. The van der Waals surface area contributed by atoms with Crippen LogP contribution in [0.3, 0.4) is 0 Å². The Bertz CT molecular complexity index is 1560. The smallest absolute Gasteiger partial charge is 0.267 e. The molecule has 1 aliphatic carbocycles. The second-order valence-corrected chi connectivity index (χ2v) is 8.97. The molecule has 0 radical (unpaired) electrons. The van der Waals surface area contributed by atoms with Crippen molar-refractivity contribution in [3.05, 3.63) is 80.3 Å². The number of hydrogen-bond donors (Lipinski definition) is 3. The fraction of sp³-hybridized carbons (Fsp3) is 0.174. The normalized spacial score (nSPS) is 14.1. The van der Waals surface area contributed by atoms with Crippen LogP contribution in [-0.4, -0.2) is 25.4 Å². The maximum atomic E-state index is 14.5. The van der Waals surface area contributed by atoms with Gasteiger partial charge in [0.2, 0.25) is 5.91 Å². The molecule has 0 bridgehead atoms. The van der Waals surface area contributed by atoms with Crippen LogP contribution in [0.15, 0.2) is 47.5 Å². The number of hydrogen-bond acceptors (Lipinski definition) is 7. The lowest BCUT2D eigenvalue weighted by Crippen LogP contribution is -2.30. The Labute approximate surface area is 207 Å². The van der Waals surface area contributed by atoms with Gasteiger partial charge in [-0.3, -0.25) is 14.2 Å². The van der Waals surface area contributed by atoms with Crippen LogP contribution in [0, 0.1) is 11.7 Å². The van der Waals surface area contributed by atoms with E-state index in [2.05, 4.69) is 15.3 Å². The molecule has 0 saturated heterocycles. The minimum Gasteiger partial charge on any atom is -0.382 e. The van der Waals surface area contributed by atoms with Crippen molar-refractivity contribution in [2.24, 2.45) is 11.7 Å². The van der Waals surface area contributed by atoms with E-state index in [0.717, 1.165) is 25.0 Å². The number of nitrogens with zero attached hydrogens (tertiary/aromatic N) is 4. The summed E-state index contributed by atoms with van der Waals surface area (Å²) in [6.07, 6.45) is 2.95. The Morgan fingerprint density at radius 2 is 1.97 bits per heavy atom. The molecule has 1 saturated carbocycles. The lowest BCUT2D eigenvalue weighted by atomic mass is 10.1. The number of carbonyl (C=O) groups is 1. The number of primary amides is 1. The maximum Gasteiger partial charge on any atom is 0.267 e. The predicted octanol–water partition coefficient (Wildman–Crippen LogP) is 3.87. The molecular formula is C23H18Cl2FN7O2. The fourth-order valence-electron chi connectivity index (χ4n) is 3.96. The number of nitrogen functional groups attached to an aromatic ring is 1. The maximum absolute atomic E-state index is 14.5. The van der Waals surface area contributed by atoms with Gasteiger partial charge in [-0.25, -0.2) is 19.3 Å². The number of nitrogens with one attached hydrogen (secondary N) is 1. The van der Waals surface area contributed by atoms with Crippen molar-refractivity contribution in [2.75, 3.05) is 11.1 Å². The minimum absolute atomic E-state index is 0.0706. The molecule has 35 heavy (non-hydrogen) atoms. The van der Waals surface area contributed by atoms with Gasteiger partial charge in [-0.05, 0) is 49.1 Å². The zero-order chi connectivity index (χ0) is 24.9. The van der Waals surface area contributed by atoms with Crippen LogP contribution >= 0.6 is 23.2 Å². The summed E-state index contributed by atoms with van der Waals surface area (Å²) in [7, 11) is 0. The standard InChI is InChI=1S/C23H18Cl2FN7O2/c24-14-2-1-3-15-16(14)23(35)33(13-7-11(20(28)34)6-12(26)8-13)22(31-15)18(10-4-5-10)32-21-17(25)19(27)29-9-30-21/h1-3,6-10,18H,4-5H2,(H2,28,34)(H3,27,29,30,32). The molecule has 1 fully saturated rings. The molecule has 1 aliphatic rings. The van der Waals surface area contributed by atoms with Crippen molar-refractivity contribution in [1.29, 1.82) is 0 Å². The van der Waals surface area contributed by atoms with Crippen molar-refractivity contribution in [1.82, 2.24) is 19.5 Å². The van der Waals surface area contributed by atoms with Crippen LogP contribution in [0.25, 0.3) is 16.6 Å². The molecule has 0 aliphatic heterocycles. The van der Waals surface area contributed by atoms with E-state index in [4.69, 9.17) is 39.7 Å². The first-order chi connectivity index (χ1) is 16.7. The predicted molar refractivity (Wildman–Crippen MR) is 131 cm³/mol.